The smallest absolute Gasteiger partial charge is 0.230 e. The van der Waals surface area contributed by atoms with Crippen molar-refractivity contribution in [2.24, 2.45) is 11.8 Å². The van der Waals surface area contributed by atoms with Gasteiger partial charge < -0.3 is 5.32 Å². The molecule has 4 heteroatoms. The molecule has 3 nitrogen and oxygen atoms in total. The second kappa shape index (κ2) is 6.71. The van der Waals surface area contributed by atoms with Gasteiger partial charge in [-0.15, -0.1) is 0 Å². The van der Waals surface area contributed by atoms with E-state index in [4.69, 9.17) is 0 Å². The minimum atomic E-state index is -0.438. The molecule has 2 unspecified atom stereocenters. The van der Waals surface area contributed by atoms with Crippen molar-refractivity contribution >= 4 is 5.91 Å². The molecule has 0 spiro atoms. The standard InChI is InChI=1S/C21H31FN2O/c1-15-11-16(2)13-24(12-15)20(3,4)14-23-19(25)21(9-10-21)17-5-7-18(22)8-6-17/h5-8,15-16H,9-14H2,1-4H3,(H,23,25). The maximum atomic E-state index is 13.2. The number of nitrogens with one attached hydrogen (secondary N) is 1. The molecule has 1 saturated carbocycles. The molecular weight excluding hydrogens is 315 g/mol. The Morgan fingerprint density at radius 2 is 1.76 bits per heavy atom. The molecule has 138 valence electrons. The number of halogens is 1. The molecule has 1 aliphatic heterocycles. The second-order valence-electron chi connectivity index (χ2n) is 8.94. The predicted octanol–water partition coefficient (Wildman–Crippen LogP) is 3.73. The van der Waals surface area contributed by atoms with E-state index in [9.17, 15) is 9.18 Å². The fourth-order valence-corrected chi connectivity index (χ4v) is 4.28. The van der Waals surface area contributed by atoms with Crippen molar-refractivity contribution in [3.63, 3.8) is 0 Å². The third-order valence-corrected chi connectivity index (χ3v) is 5.99. The van der Waals surface area contributed by atoms with E-state index in [1.165, 1.54) is 18.6 Å². The molecule has 1 amide bonds. The normalized spacial score (nSPS) is 26.3. The van der Waals surface area contributed by atoms with Crippen molar-refractivity contribution in [2.45, 2.75) is 57.9 Å². The van der Waals surface area contributed by atoms with Crippen LogP contribution in [-0.2, 0) is 10.2 Å². The lowest BCUT2D eigenvalue weighted by Gasteiger charge is -2.45. The van der Waals surface area contributed by atoms with Gasteiger partial charge >= 0.3 is 0 Å². The first-order chi connectivity index (χ1) is 11.7. The number of carbonyl (C=O) groups excluding carboxylic acids is 1. The molecule has 1 heterocycles. The van der Waals surface area contributed by atoms with Crippen molar-refractivity contribution in [1.29, 1.82) is 0 Å². The summed E-state index contributed by atoms with van der Waals surface area (Å²) in [6.07, 6.45) is 2.98. The molecule has 1 aromatic carbocycles. The minimum Gasteiger partial charge on any atom is -0.353 e. The van der Waals surface area contributed by atoms with Crippen molar-refractivity contribution < 1.29 is 9.18 Å². The number of amides is 1. The lowest BCUT2D eigenvalue weighted by molar-refractivity contribution is -0.124. The van der Waals surface area contributed by atoms with Gasteiger partial charge in [0.1, 0.15) is 5.82 Å². The quantitative estimate of drug-likeness (QED) is 0.881. The zero-order chi connectivity index (χ0) is 18.2. The molecule has 2 fully saturated rings. The van der Waals surface area contributed by atoms with Gasteiger partial charge in [0, 0.05) is 25.2 Å². The van der Waals surface area contributed by atoms with Gasteiger partial charge in [0.15, 0.2) is 0 Å². The zero-order valence-electron chi connectivity index (χ0n) is 15.9. The Balaban J connectivity index is 1.62. The fraction of sp³-hybridized carbons (Fsp3) is 0.667. The highest BCUT2D eigenvalue weighted by atomic mass is 19.1. The van der Waals surface area contributed by atoms with Crippen LogP contribution in [0.4, 0.5) is 4.39 Å². The second-order valence-corrected chi connectivity index (χ2v) is 8.94. The van der Waals surface area contributed by atoms with E-state index in [2.05, 4.69) is 37.9 Å². The summed E-state index contributed by atoms with van der Waals surface area (Å²) in [5, 5.41) is 3.19. The van der Waals surface area contributed by atoms with E-state index < -0.39 is 5.41 Å². The Bertz CT molecular complexity index is 611. The van der Waals surface area contributed by atoms with Gasteiger partial charge in [0.25, 0.3) is 0 Å². The monoisotopic (exact) mass is 346 g/mol. The van der Waals surface area contributed by atoms with E-state index in [-0.39, 0.29) is 17.3 Å². The molecule has 1 aliphatic carbocycles. The molecule has 0 bridgehead atoms. The van der Waals surface area contributed by atoms with Gasteiger partial charge in [-0.1, -0.05) is 26.0 Å². The molecule has 1 N–H and O–H groups in total. The van der Waals surface area contributed by atoms with E-state index in [0.29, 0.717) is 18.4 Å². The van der Waals surface area contributed by atoms with Gasteiger partial charge in [-0.25, -0.2) is 4.39 Å². The van der Waals surface area contributed by atoms with Gasteiger partial charge in [0.05, 0.1) is 5.41 Å². The highest BCUT2D eigenvalue weighted by Crippen LogP contribution is 2.48. The minimum absolute atomic E-state index is 0.0581. The van der Waals surface area contributed by atoms with Crippen molar-refractivity contribution in [3.05, 3.63) is 35.6 Å². The largest absolute Gasteiger partial charge is 0.353 e. The van der Waals surface area contributed by atoms with Crippen LogP contribution in [0.15, 0.2) is 24.3 Å². The molecule has 0 radical (unpaired) electrons. The van der Waals surface area contributed by atoms with Crippen molar-refractivity contribution in [3.8, 4) is 0 Å². The summed E-state index contributed by atoms with van der Waals surface area (Å²) < 4.78 is 13.2. The third-order valence-electron chi connectivity index (χ3n) is 5.99. The van der Waals surface area contributed by atoms with Gasteiger partial charge in [0.2, 0.25) is 5.91 Å². The van der Waals surface area contributed by atoms with Crippen LogP contribution < -0.4 is 5.32 Å². The van der Waals surface area contributed by atoms with E-state index in [1.807, 2.05) is 0 Å². The van der Waals surface area contributed by atoms with Crippen LogP contribution in [0.3, 0.4) is 0 Å². The van der Waals surface area contributed by atoms with E-state index in [0.717, 1.165) is 31.5 Å². The number of hydrogen-bond donors (Lipinski definition) is 1. The Hall–Kier alpha value is -1.42. The van der Waals surface area contributed by atoms with Crippen LogP contribution in [0.2, 0.25) is 0 Å². The molecule has 1 saturated heterocycles. The maximum Gasteiger partial charge on any atom is 0.230 e. The highest BCUT2D eigenvalue weighted by Gasteiger charge is 2.51. The molecule has 2 atom stereocenters. The molecule has 1 aromatic rings. The predicted molar refractivity (Wildman–Crippen MR) is 98.9 cm³/mol. The summed E-state index contributed by atoms with van der Waals surface area (Å²) in [6, 6.07) is 6.40. The Labute approximate surface area is 151 Å². The SMILES string of the molecule is CC1CC(C)CN(C(C)(C)CNC(=O)C2(c3ccc(F)cc3)CC2)C1. The van der Waals surface area contributed by atoms with Crippen LogP contribution in [0.1, 0.15) is 52.5 Å². The molecular formula is C21H31FN2O. The van der Waals surface area contributed by atoms with Crippen LogP contribution in [-0.4, -0.2) is 36.0 Å². The Morgan fingerprint density at radius 3 is 2.28 bits per heavy atom. The zero-order valence-corrected chi connectivity index (χ0v) is 15.9. The number of hydrogen-bond acceptors (Lipinski definition) is 2. The highest BCUT2D eigenvalue weighted by molar-refractivity contribution is 5.91. The van der Waals surface area contributed by atoms with E-state index in [1.54, 1.807) is 12.1 Å². The average molecular weight is 346 g/mol. The van der Waals surface area contributed by atoms with Gasteiger partial charge in [-0.05, 0) is 62.6 Å². The summed E-state index contributed by atoms with van der Waals surface area (Å²) >= 11 is 0. The number of carbonyl (C=O) groups is 1. The summed E-state index contributed by atoms with van der Waals surface area (Å²) in [4.78, 5) is 15.4. The fourth-order valence-electron chi connectivity index (χ4n) is 4.28. The molecule has 25 heavy (non-hydrogen) atoms. The number of nitrogens with zero attached hydrogens (tertiary/aromatic N) is 1. The summed E-state index contributed by atoms with van der Waals surface area (Å²) in [5.74, 6) is 1.24. The molecule has 0 aromatic heterocycles. The molecule has 2 aliphatic rings. The number of likely N-dealkylation sites (tertiary alicyclic amines) is 1. The van der Waals surface area contributed by atoms with Gasteiger partial charge in [-0.3, -0.25) is 9.69 Å². The lowest BCUT2D eigenvalue weighted by Crippen LogP contribution is -2.56. The van der Waals surface area contributed by atoms with Crippen LogP contribution in [0.5, 0.6) is 0 Å². The molecule has 3 rings (SSSR count). The third kappa shape index (κ3) is 3.89. The van der Waals surface area contributed by atoms with Crippen molar-refractivity contribution in [1.82, 2.24) is 10.2 Å². The Kier molecular flexibility index (Phi) is 4.93. The maximum absolute atomic E-state index is 13.2. The van der Waals surface area contributed by atoms with Gasteiger partial charge in [-0.2, -0.15) is 0 Å². The van der Waals surface area contributed by atoms with Crippen LogP contribution >= 0.6 is 0 Å². The number of benzene rings is 1. The summed E-state index contributed by atoms with van der Waals surface area (Å²) in [6.45, 7) is 11.9. The lowest BCUT2D eigenvalue weighted by atomic mass is 9.87. The first kappa shape index (κ1) is 18.4. The van der Waals surface area contributed by atoms with Crippen LogP contribution in [0.25, 0.3) is 0 Å². The first-order valence-corrected chi connectivity index (χ1v) is 9.52. The summed E-state index contributed by atoms with van der Waals surface area (Å²) in [5.41, 5.74) is 0.438. The topological polar surface area (TPSA) is 32.3 Å². The number of rotatable bonds is 5. The average Bonchev–Trinajstić information content (AvgIpc) is 3.34. The van der Waals surface area contributed by atoms with Crippen molar-refractivity contribution in [2.75, 3.05) is 19.6 Å². The summed E-state index contributed by atoms with van der Waals surface area (Å²) in [7, 11) is 0. The first-order valence-electron chi connectivity index (χ1n) is 9.52. The van der Waals surface area contributed by atoms with Crippen LogP contribution in [0, 0.1) is 17.7 Å². The van der Waals surface area contributed by atoms with E-state index >= 15 is 0 Å². The Morgan fingerprint density at radius 1 is 1.20 bits per heavy atom. The number of piperidine rings is 1.